The van der Waals surface area contributed by atoms with Gasteiger partial charge in [0.1, 0.15) is 5.41 Å². The van der Waals surface area contributed by atoms with Crippen molar-refractivity contribution < 1.29 is 36.8 Å². The molecule has 0 radical (unpaired) electrons. The van der Waals surface area contributed by atoms with Crippen LogP contribution in [0.2, 0.25) is 19.6 Å². The number of carbonyl (C=O) groups is 4. The Morgan fingerprint density at radius 1 is 1.08 bits per heavy atom. The second-order valence-electron chi connectivity index (χ2n) is 9.95. The van der Waals surface area contributed by atoms with E-state index < -0.39 is 49.4 Å². The summed E-state index contributed by atoms with van der Waals surface area (Å²) in [5.41, 5.74) is -2.10. The number of hydrogen-bond donors (Lipinski definition) is 1. The minimum absolute atomic E-state index is 0.0919. The Bertz CT molecular complexity index is 1350. The summed E-state index contributed by atoms with van der Waals surface area (Å²) in [5, 5.41) is 1.73. The Kier molecular flexibility index (Phi) is 6.93. The number of Topliss-reactive ketones (excluding diaryl/α,β-unsaturated/α-hetero) is 3. The maximum Gasteiger partial charge on any atom is 0.471 e. The summed E-state index contributed by atoms with van der Waals surface area (Å²) in [6.45, 7) is 5.65. The van der Waals surface area contributed by atoms with Gasteiger partial charge in [0.2, 0.25) is 0 Å². The molecule has 0 aromatic heterocycles. The quantitative estimate of drug-likeness (QED) is 0.199. The predicted molar refractivity (Wildman–Crippen MR) is 136 cm³/mol. The van der Waals surface area contributed by atoms with Crippen LogP contribution in [0.4, 0.5) is 18.9 Å². The van der Waals surface area contributed by atoms with E-state index in [-0.39, 0.29) is 39.1 Å². The van der Waals surface area contributed by atoms with Crippen molar-refractivity contribution in [2.24, 2.45) is 11.3 Å². The van der Waals surface area contributed by atoms with Crippen molar-refractivity contribution >= 4 is 53.2 Å². The normalized spacial score (nSPS) is 23.3. The largest absolute Gasteiger partial charge is 0.471 e. The fourth-order valence-electron chi connectivity index (χ4n) is 4.89. The number of anilines is 1. The molecule has 0 aliphatic heterocycles. The molecule has 2 aliphatic rings. The van der Waals surface area contributed by atoms with Gasteiger partial charge in [0.05, 0.1) is 6.10 Å². The predicted octanol–water partition coefficient (Wildman–Crippen LogP) is 5.99. The lowest BCUT2D eigenvalue weighted by atomic mass is 9.54. The summed E-state index contributed by atoms with van der Waals surface area (Å²) in [6, 6.07) is 9.83. The average Bonchev–Trinajstić information content (AvgIpc) is 2.81. The molecule has 4 rings (SSSR count). The zero-order valence-electron chi connectivity index (χ0n) is 20.1. The van der Waals surface area contributed by atoms with Gasteiger partial charge in [-0.15, -0.1) is 0 Å². The van der Waals surface area contributed by atoms with Crippen molar-refractivity contribution in [3.63, 3.8) is 0 Å². The van der Waals surface area contributed by atoms with Gasteiger partial charge in [0, 0.05) is 32.8 Å². The smallest absolute Gasteiger partial charge is 0.410 e. The van der Waals surface area contributed by atoms with E-state index in [9.17, 15) is 32.3 Å². The Morgan fingerprint density at radius 2 is 1.73 bits per heavy atom. The van der Waals surface area contributed by atoms with Gasteiger partial charge in [0.25, 0.3) is 0 Å². The first-order valence-electron chi connectivity index (χ1n) is 11.4. The van der Waals surface area contributed by atoms with Crippen LogP contribution in [0.1, 0.15) is 37.5 Å². The molecule has 0 unspecified atom stereocenters. The zero-order chi connectivity index (χ0) is 27.3. The maximum absolute atomic E-state index is 14.4. The van der Waals surface area contributed by atoms with Gasteiger partial charge >= 0.3 is 12.1 Å². The van der Waals surface area contributed by atoms with Crippen LogP contribution in [-0.2, 0) is 9.22 Å². The van der Waals surface area contributed by atoms with E-state index in [0.29, 0.717) is 0 Å². The Balaban J connectivity index is 1.92. The number of ketones is 3. The molecule has 0 fully saturated rings. The third kappa shape index (κ3) is 4.75. The van der Waals surface area contributed by atoms with E-state index in [1.165, 1.54) is 18.2 Å². The van der Waals surface area contributed by atoms with E-state index in [1.54, 1.807) is 35.7 Å². The Hall–Kier alpha value is -2.89. The molecule has 3 atom stereocenters. The number of hydrogen-bond acceptors (Lipinski definition) is 5. The van der Waals surface area contributed by atoms with Crippen molar-refractivity contribution in [1.29, 1.82) is 0 Å². The monoisotopic (exact) mass is 593 g/mol. The van der Waals surface area contributed by atoms with Gasteiger partial charge in [-0.2, -0.15) is 13.2 Å². The highest BCUT2D eigenvalue weighted by Crippen LogP contribution is 2.51. The standard InChI is InChI=1S/C26H23BrF3NO5Si/c1-37(2,3)36-20-10-6-9-18-21(32)15-7-4-5-8-16(15)22(33)25(18,20)23(34)17-13-14(11-12-19(17)27)31-24(35)26(28,29)30/h4-8,10-13,18,20H,9H2,1-3H3,(H,31,35)/t18-,20-,25-/m0/s1. The summed E-state index contributed by atoms with van der Waals surface area (Å²) >= 11 is 3.26. The van der Waals surface area contributed by atoms with E-state index >= 15 is 0 Å². The van der Waals surface area contributed by atoms with Crippen LogP contribution in [0.3, 0.4) is 0 Å². The van der Waals surface area contributed by atoms with Crippen LogP contribution in [0, 0.1) is 11.3 Å². The van der Waals surface area contributed by atoms with Crippen LogP contribution < -0.4 is 5.32 Å². The lowest BCUT2D eigenvalue weighted by Crippen LogP contribution is -2.61. The van der Waals surface area contributed by atoms with Gasteiger partial charge < -0.3 is 9.74 Å². The Morgan fingerprint density at radius 3 is 2.35 bits per heavy atom. The van der Waals surface area contributed by atoms with Crippen molar-refractivity contribution in [3.05, 3.63) is 75.8 Å². The molecule has 2 aliphatic carbocycles. The molecule has 0 saturated heterocycles. The van der Waals surface area contributed by atoms with E-state index in [0.717, 1.165) is 6.07 Å². The van der Waals surface area contributed by atoms with Crippen molar-refractivity contribution in [1.82, 2.24) is 0 Å². The number of amides is 1. The second kappa shape index (κ2) is 9.45. The first kappa shape index (κ1) is 27.1. The van der Waals surface area contributed by atoms with Gasteiger partial charge in [-0.05, 0) is 44.3 Å². The molecular formula is C26H23BrF3NO5Si. The number of rotatable bonds is 5. The van der Waals surface area contributed by atoms with Crippen LogP contribution in [0.25, 0.3) is 0 Å². The summed E-state index contributed by atoms with van der Waals surface area (Å²) in [6.07, 6.45) is -2.76. The summed E-state index contributed by atoms with van der Waals surface area (Å²) < 4.78 is 45.0. The van der Waals surface area contributed by atoms with Crippen LogP contribution >= 0.6 is 15.9 Å². The third-order valence-electron chi connectivity index (χ3n) is 6.39. The van der Waals surface area contributed by atoms with Gasteiger partial charge in [0.15, 0.2) is 25.7 Å². The molecular weight excluding hydrogens is 571 g/mol. The Labute approximate surface area is 220 Å². The number of carbonyl (C=O) groups excluding carboxylic acids is 4. The molecule has 1 amide bonds. The van der Waals surface area contributed by atoms with Crippen molar-refractivity contribution in [3.8, 4) is 0 Å². The molecule has 6 nitrogen and oxygen atoms in total. The molecule has 0 heterocycles. The highest BCUT2D eigenvalue weighted by molar-refractivity contribution is 9.10. The SMILES string of the molecule is C[Si](C)(C)O[C@H]1C=CC[C@H]2C(=O)c3ccccc3C(=O)[C@@]12C(=O)c1cc(NC(=O)C(F)(F)F)ccc1Br. The molecule has 2 aromatic rings. The molecule has 11 heteroatoms. The fourth-order valence-corrected chi connectivity index (χ4v) is 6.34. The summed E-state index contributed by atoms with van der Waals surface area (Å²) in [7, 11) is -2.39. The van der Waals surface area contributed by atoms with Crippen LogP contribution in [-0.4, -0.2) is 43.9 Å². The summed E-state index contributed by atoms with van der Waals surface area (Å²) in [5.74, 6) is -5.01. The number of halogens is 4. The molecule has 37 heavy (non-hydrogen) atoms. The number of alkyl halides is 3. The second-order valence-corrected chi connectivity index (χ2v) is 15.3. The first-order valence-corrected chi connectivity index (χ1v) is 15.6. The topological polar surface area (TPSA) is 89.5 Å². The molecule has 0 spiro atoms. The van der Waals surface area contributed by atoms with Gasteiger partial charge in [-0.25, -0.2) is 0 Å². The molecule has 194 valence electrons. The number of nitrogens with one attached hydrogen (secondary N) is 1. The molecule has 0 bridgehead atoms. The highest BCUT2D eigenvalue weighted by atomic mass is 79.9. The van der Waals surface area contributed by atoms with Crippen LogP contribution in [0.5, 0.6) is 0 Å². The fraction of sp³-hybridized carbons (Fsp3) is 0.308. The maximum atomic E-state index is 14.4. The molecule has 0 saturated carbocycles. The zero-order valence-corrected chi connectivity index (χ0v) is 22.7. The lowest BCUT2D eigenvalue weighted by Gasteiger charge is -2.48. The van der Waals surface area contributed by atoms with Gasteiger partial charge in [-0.1, -0.05) is 52.3 Å². The average molecular weight is 594 g/mol. The number of allylic oxidation sites excluding steroid dienone is 1. The summed E-state index contributed by atoms with van der Waals surface area (Å²) in [4.78, 5) is 53.9. The van der Waals surface area contributed by atoms with Crippen LogP contribution in [0.15, 0.2) is 59.1 Å². The number of fused-ring (bicyclic) bond motifs is 2. The minimum atomic E-state index is -5.14. The van der Waals surface area contributed by atoms with E-state index in [2.05, 4.69) is 15.9 Å². The number of benzene rings is 2. The highest BCUT2D eigenvalue weighted by Gasteiger charge is 2.63. The van der Waals surface area contributed by atoms with Crippen molar-refractivity contribution in [2.45, 2.75) is 38.3 Å². The minimum Gasteiger partial charge on any atom is -0.410 e. The molecule has 1 N–H and O–H groups in total. The van der Waals surface area contributed by atoms with Crippen molar-refractivity contribution in [2.75, 3.05) is 5.32 Å². The van der Waals surface area contributed by atoms with Gasteiger partial charge in [-0.3, -0.25) is 19.2 Å². The molecule has 2 aromatic carbocycles. The third-order valence-corrected chi connectivity index (χ3v) is 8.05. The lowest BCUT2D eigenvalue weighted by molar-refractivity contribution is -0.167. The first-order chi connectivity index (χ1) is 17.2. The van der Waals surface area contributed by atoms with E-state index in [4.69, 9.17) is 4.43 Å². The van der Waals surface area contributed by atoms with E-state index in [1.807, 2.05) is 19.6 Å².